The highest BCUT2D eigenvalue weighted by atomic mass is 79.9. The Kier molecular flexibility index (Phi) is 31.2. The average molecular weight is 1770 g/mol. The van der Waals surface area contributed by atoms with Gasteiger partial charge in [-0.1, -0.05) is 205 Å². The number of fused-ring (bicyclic) bond motifs is 3. The number of nitrogens with zero attached hydrogens (tertiary/aromatic N) is 14. The highest BCUT2D eigenvalue weighted by Gasteiger charge is 2.34. The second-order valence-corrected chi connectivity index (χ2v) is 28.9. The number of rotatable bonds is 23. The number of hydroxylamine groups is 4. The van der Waals surface area contributed by atoms with Gasteiger partial charge in [0.25, 0.3) is 23.6 Å². The Bertz CT molecular complexity index is 5960. The number of carbonyl (C=O) groups excluding carboxylic acids is 6. The van der Waals surface area contributed by atoms with E-state index < -0.39 is 35.6 Å². The van der Waals surface area contributed by atoms with Crippen molar-refractivity contribution >= 4 is 144 Å². The van der Waals surface area contributed by atoms with Crippen LogP contribution >= 0.6 is 51.1 Å². The number of aromatic nitrogens is 12. The molecule has 2 aliphatic heterocycles. The van der Waals surface area contributed by atoms with Crippen LogP contribution in [0.4, 0.5) is 0 Å². The maximum Gasteiger partial charge on any atom is 0.333 e. The van der Waals surface area contributed by atoms with Gasteiger partial charge in [-0.05, 0) is 90.9 Å². The molecule has 0 N–H and O–H groups in total. The van der Waals surface area contributed by atoms with E-state index in [1.807, 2.05) is 182 Å². The Morgan fingerprint density at radius 3 is 1.42 bits per heavy atom. The second-order valence-electron chi connectivity index (χ2n) is 26.5. The van der Waals surface area contributed by atoms with E-state index in [0.29, 0.717) is 41.8 Å². The van der Waals surface area contributed by atoms with Crippen LogP contribution in [-0.2, 0) is 51.4 Å². The predicted molar refractivity (Wildman–Crippen MR) is 462 cm³/mol. The molecule has 2 fully saturated rings. The number of hydrogen-bond acceptors (Lipinski definition) is 22. The van der Waals surface area contributed by atoms with Crippen molar-refractivity contribution in [2.24, 2.45) is 0 Å². The van der Waals surface area contributed by atoms with Gasteiger partial charge in [-0.15, -0.1) is 10.1 Å². The molecule has 23 nitrogen and oxygen atoms in total. The Hall–Kier alpha value is -12.9. The van der Waals surface area contributed by atoms with Crippen LogP contribution in [0.25, 0.3) is 125 Å². The van der Waals surface area contributed by atoms with E-state index in [1.165, 1.54) is 35.2 Å². The maximum absolute atomic E-state index is 12.2. The topological polar surface area (TPSA) is 273 Å². The van der Waals surface area contributed by atoms with Crippen LogP contribution in [0.1, 0.15) is 93.9 Å². The summed E-state index contributed by atoms with van der Waals surface area (Å²) in [5.74, 6) is -2.25. The van der Waals surface area contributed by atoms with E-state index >= 15 is 0 Å². The molecule has 4 amide bonds. The number of methoxy groups -OCH3 is 1. The summed E-state index contributed by atoms with van der Waals surface area (Å²) in [5.41, 5.74) is 21.3. The summed E-state index contributed by atoms with van der Waals surface area (Å²) in [6, 6.07) is 78.6. The van der Waals surface area contributed by atoms with Gasteiger partial charge in [0.15, 0.2) is 24.1 Å². The van der Waals surface area contributed by atoms with Crippen molar-refractivity contribution in [3.63, 3.8) is 0 Å². The Labute approximate surface area is 718 Å². The lowest BCUT2D eigenvalue weighted by Crippen LogP contribution is -3.00. The zero-order valence-electron chi connectivity index (χ0n) is 64.7. The van der Waals surface area contributed by atoms with Gasteiger partial charge in [0.1, 0.15) is 34.1 Å². The van der Waals surface area contributed by atoms with Gasteiger partial charge < -0.3 is 31.4 Å². The molecule has 28 heteroatoms. The van der Waals surface area contributed by atoms with Crippen molar-refractivity contribution in [2.75, 3.05) is 12.4 Å². The lowest BCUT2D eigenvalue weighted by atomic mass is 9.98. The smallest absolute Gasteiger partial charge is 0.333 e. The number of amides is 4. The summed E-state index contributed by atoms with van der Waals surface area (Å²) in [6.07, 6.45) is 20.1. The Morgan fingerprint density at radius 1 is 0.462 bits per heavy atom. The normalized spacial score (nSPS) is 12.3. The average Bonchev–Trinajstić information content (AvgIpc) is 1.73. The third kappa shape index (κ3) is 22.3. The third-order valence-electron chi connectivity index (χ3n) is 18.6. The van der Waals surface area contributed by atoms with Crippen LogP contribution in [0.2, 0.25) is 0 Å². The maximum atomic E-state index is 12.2. The molecule has 0 radical (unpaired) electrons. The number of aryl methyl sites for hydroxylation is 2. The molecular weight excluding hydrogens is 1690 g/mol. The number of alkyl halides is 1. The zero-order valence-corrected chi connectivity index (χ0v) is 70.4. The number of ether oxygens (including phenoxy) is 1. The van der Waals surface area contributed by atoms with E-state index in [1.54, 1.807) is 25.6 Å². The predicted octanol–water partition coefficient (Wildman–Crippen LogP) is 15.2. The van der Waals surface area contributed by atoms with E-state index in [-0.39, 0.29) is 55.5 Å². The summed E-state index contributed by atoms with van der Waals surface area (Å²) in [5, 5.41) is 2.00. The van der Waals surface area contributed by atoms with Crippen LogP contribution in [0.15, 0.2) is 261 Å². The number of hydrogen-bond donors (Lipinski definition) is 0. The van der Waals surface area contributed by atoms with Crippen LogP contribution < -0.4 is 30.9 Å². The van der Waals surface area contributed by atoms with Crippen molar-refractivity contribution in [1.29, 1.82) is 0 Å². The fourth-order valence-corrected chi connectivity index (χ4v) is 15.0. The monoisotopic (exact) mass is 1770 g/mol. The molecule has 15 aromatic rings. The molecule has 0 atom stereocenters. The molecule has 6 aromatic carbocycles. The van der Waals surface area contributed by atoms with Crippen LogP contribution in [0, 0.1) is 0 Å². The van der Waals surface area contributed by atoms with Gasteiger partial charge in [0, 0.05) is 109 Å². The number of unbranched alkanes of at least 4 members (excludes halogenated alkanes) is 2. The summed E-state index contributed by atoms with van der Waals surface area (Å²) < 4.78 is 36.7. The van der Waals surface area contributed by atoms with Crippen molar-refractivity contribution < 1.29 is 69.3 Å². The molecule has 598 valence electrons. The van der Waals surface area contributed by atoms with Gasteiger partial charge in [0.2, 0.25) is 17.3 Å². The molecule has 0 aliphatic carbocycles. The second kappa shape index (κ2) is 43.4. The third-order valence-corrected chi connectivity index (χ3v) is 20.8. The Morgan fingerprint density at radius 2 is 0.916 bits per heavy atom. The highest BCUT2D eigenvalue weighted by Crippen LogP contribution is 2.39. The summed E-state index contributed by atoms with van der Waals surface area (Å²) in [6.45, 7) is 2.81. The van der Waals surface area contributed by atoms with E-state index in [9.17, 15) is 28.8 Å². The highest BCUT2D eigenvalue weighted by molar-refractivity contribution is 9.09. The molecule has 17 rings (SSSR count). The number of benzene rings is 6. The van der Waals surface area contributed by atoms with Crippen LogP contribution in [0.5, 0.6) is 5.88 Å². The quantitative estimate of drug-likeness (QED) is 0.0249. The first-order valence-electron chi connectivity index (χ1n) is 38.2. The van der Waals surface area contributed by atoms with E-state index in [0.717, 1.165) is 141 Å². The molecule has 2 aliphatic rings. The fourth-order valence-electron chi connectivity index (χ4n) is 12.9. The standard InChI is InChI=1S/C33H29N5O4S.C24H16N4S.C19H15N3S.C9H12BrNO4.C6H7NO.BrH/c39-28-17-18-29(40)38(28)42-30(41)16-8-10-21-36-20-9-7-15-26(36)19-22-37-23-27(24-11-3-1-4-12-24)31-32(35-43-34-31)33(37)25-13-5-2-6-14-25;1-3-9-17(10-4-1)21-20(15-14-19-13-7-8-16-25-19)26-22(18-11-5-2-6-12-18)24-23(21)27-29-28-24;1-2-15-16(13-9-5-3-6-10-13)18-19(22-23-21-18)17(20-15)14-11-7-4-8-12-14;10-6-2-1-3-9(14)15-11-7(12)4-5-8(11)13;1-8-6-4-2-3-5-7-6;/h1-7,9,11-15,19-20,22-23H,8,10,16-18,21H2;1-16H;3-12H,2H2,1H3;1-6H2;2-5H,1H3;1H/q+2;;;;;/p-1/b22-19+;15-14+;;;;. The van der Waals surface area contributed by atoms with Gasteiger partial charge in [-0.2, -0.15) is 35.4 Å². The SMILES string of the molecule is C(=C\c1nc(-c2ccccc2)c2nsnc2c1-c1ccccc1)/c1ccccn1.CCc1nc(-c2ccccc2)c2nsnc2c1-c1ccccc1.COc1ccccn1.O=C(CCCCBr)ON1C(=O)CCC1=O.O=C(CCCC[n+]1ccccc1/C=C/[n+]1cc(-c2ccccc2)c2nsnc2c1-c1ccccc1)ON1C(=O)CCC1=O.[Br-]. The van der Waals surface area contributed by atoms with Crippen molar-refractivity contribution in [1.82, 2.24) is 56.3 Å². The molecule has 11 heterocycles. The number of imide groups is 2. The van der Waals surface area contributed by atoms with Gasteiger partial charge in [-0.3, -0.25) is 24.2 Å². The lowest BCUT2D eigenvalue weighted by molar-refractivity contribution is -0.699. The Balaban J connectivity index is 0.000000149. The molecule has 2 saturated heterocycles. The number of pyridine rings is 6. The van der Waals surface area contributed by atoms with Crippen molar-refractivity contribution in [2.45, 2.75) is 84.1 Å². The summed E-state index contributed by atoms with van der Waals surface area (Å²) in [7, 11) is 1.60. The molecule has 9 aromatic heterocycles. The van der Waals surface area contributed by atoms with Gasteiger partial charge >= 0.3 is 11.9 Å². The minimum atomic E-state index is -0.576. The number of halogens is 2. The van der Waals surface area contributed by atoms with Crippen LogP contribution in [0.3, 0.4) is 0 Å². The zero-order chi connectivity index (χ0) is 81.8. The van der Waals surface area contributed by atoms with E-state index in [4.69, 9.17) is 23.9 Å². The first kappa shape index (κ1) is 85.5. The molecule has 0 unspecified atom stereocenters. The first-order chi connectivity index (χ1) is 57.9. The summed E-state index contributed by atoms with van der Waals surface area (Å²) >= 11 is 6.91. The summed E-state index contributed by atoms with van der Waals surface area (Å²) in [4.78, 5) is 96.8. The van der Waals surface area contributed by atoms with Gasteiger partial charge in [-0.25, -0.2) is 24.5 Å². The van der Waals surface area contributed by atoms with Gasteiger partial charge in [0.05, 0.1) is 82.4 Å². The number of carbonyl (C=O) groups is 6. The molecular formula is C91H79Br2N14O9S3+. The first-order valence-corrected chi connectivity index (χ1v) is 41.5. The minimum absolute atomic E-state index is 0. The lowest BCUT2D eigenvalue weighted by Gasteiger charge is -2.12. The molecule has 119 heavy (non-hydrogen) atoms. The van der Waals surface area contributed by atoms with Crippen molar-refractivity contribution in [3.8, 4) is 73.0 Å². The van der Waals surface area contributed by atoms with E-state index in [2.05, 4.69) is 154 Å². The molecule has 0 spiro atoms. The van der Waals surface area contributed by atoms with Crippen LogP contribution in [-0.4, -0.2) is 104 Å². The fraction of sp³-hybridized carbons (Fsp3) is 0.165. The largest absolute Gasteiger partial charge is 1.00 e. The molecule has 0 bridgehead atoms. The van der Waals surface area contributed by atoms with Crippen molar-refractivity contribution in [3.05, 3.63) is 284 Å². The minimum Gasteiger partial charge on any atom is -1.00 e. The molecule has 0 saturated carbocycles.